The summed E-state index contributed by atoms with van der Waals surface area (Å²) in [5, 5.41) is 17.8. The highest BCUT2D eigenvalue weighted by Crippen LogP contribution is 2.28. The van der Waals surface area contributed by atoms with E-state index in [1.165, 1.54) is 0 Å². The van der Waals surface area contributed by atoms with Gasteiger partial charge in [-0.05, 0) is 26.3 Å². The normalized spacial score (nSPS) is 13.4. The van der Waals surface area contributed by atoms with Crippen LogP contribution in [0.2, 0.25) is 0 Å². The lowest BCUT2D eigenvalue weighted by Gasteiger charge is -2.27. The van der Waals surface area contributed by atoms with Crippen molar-refractivity contribution in [2.24, 2.45) is 0 Å². The Bertz CT molecular complexity index is 558. The van der Waals surface area contributed by atoms with Gasteiger partial charge in [0, 0.05) is 12.6 Å². The van der Waals surface area contributed by atoms with Crippen molar-refractivity contribution in [3.8, 4) is 0 Å². The van der Waals surface area contributed by atoms with E-state index in [0.717, 1.165) is 5.56 Å². The first-order chi connectivity index (χ1) is 9.49. The Hall–Kier alpha value is -1.72. The smallest absolute Gasteiger partial charge is 0.167 e. The van der Waals surface area contributed by atoms with Crippen LogP contribution in [0.25, 0.3) is 0 Å². The summed E-state index contributed by atoms with van der Waals surface area (Å²) in [6.07, 6.45) is -0.303. The summed E-state index contributed by atoms with van der Waals surface area (Å²) in [4.78, 5) is 0. The number of aliphatic hydroxyl groups is 1. The molecule has 108 valence electrons. The van der Waals surface area contributed by atoms with E-state index in [1.807, 2.05) is 34.9 Å². The van der Waals surface area contributed by atoms with Crippen molar-refractivity contribution in [1.82, 2.24) is 14.8 Å². The molecule has 20 heavy (non-hydrogen) atoms. The number of benzene rings is 1. The molecule has 1 N–H and O–H groups in total. The Balaban J connectivity index is 2.54. The number of hydrogen-bond acceptors (Lipinski definition) is 4. The van der Waals surface area contributed by atoms with Gasteiger partial charge in [-0.25, -0.2) is 0 Å². The fraction of sp³-hybridized carbons (Fsp3) is 0.467. The van der Waals surface area contributed by atoms with Crippen LogP contribution in [0.3, 0.4) is 0 Å². The van der Waals surface area contributed by atoms with Crippen LogP contribution in [-0.2, 0) is 16.9 Å². The third-order valence-electron chi connectivity index (χ3n) is 3.14. The molecule has 1 aromatic carbocycles. The van der Waals surface area contributed by atoms with Gasteiger partial charge in [0.1, 0.15) is 12.7 Å². The van der Waals surface area contributed by atoms with Crippen LogP contribution in [-0.4, -0.2) is 27.0 Å². The minimum Gasteiger partial charge on any atom is -0.388 e. The van der Waals surface area contributed by atoms with Crippen molar-refractivity contribution in [1.29, 1.82) is 0 Å². The first kappa shape index (κ1) is 14.7. The van der Waals surface area contributed by atoms with Gasteiger partial charge in [-0.3, -0.25) is 0 Å². The lowest BCUT2D eigenvalue weighted by molar-refractivity contribution is 0.119. The Labute approximate surface area is 119 Å². The van der Waals surface area contributed by atoms with Crippen LogP contribution < -0.4 is 0 Å². The third kappa shape index (κ3) is 2.73. The predicted octanol–water partition coefficient (Wildman–Crippen LogP) is 2.26. The molecule has 5 heteroatoms. The Morgan fingerprint density at radius 2 is 1.85 bits per heavy atom. The largest absolute Gasteiger partial charge is 0.388 e. The number of nitrogens with zero attached hydrogens (tertiary/aromatic N) is 3. The Kier molecular flexibility index (Phi) is 4.20. The topological polar surface area (TPSA) is 60.2 Å². The molecule has 0 amide bonds. The summed E-state index contributed by atoms with van der Waals surface area (Å²) in [5.41, 5.74) is 0.778. The maximum absolute atomic E-state index is 9.46. The standard InChI is InChI=1S/C15H21N3O2/c1-15(2,3)18-12(10-19)16-17-14(18)13(20-4)11-8-6-5-7-9-11/h5-9,13,19H,10H2,1-4H3. The van der Waals surface area contributed by atoms with E-state index < -0.39 is 0 Å². The Morgan fingerprint density at radius 3 is 2.35 bits per heavy atom. The van der Waals surface area contributed by atoms with Crippen molar-refractivity contribution in [2.75, 3.05) is 7.11 Å². The summed E-state index contributed by atoms with van der Waals surface area (Å²) >= 11 is 0. The van der Waals surface area contributed by atoms with E-state index in [9.17, 15) is 5.11 Å². The number of aliphatic hydroxyl groups excluding tert-OH is 1. The number of hydrogen-bond donors (Lipinski definition) is 1. The second-order valence-corrected chi connectivity index (χ2v) is 5.67. The Morgan fingerprint density at radius 1 is 1.20 bits per heavy atom. The highest BCUT2D eigenvalue weighted by molar-refractivity contribution is 5.24. The van der Waals surface area contributed by atoms with Crippen LogP contribution in [0.1, 0.15) is 44.1 Å². The highest BCUT2D eigenvalue weighted by atomic mass is 16.5. The van der Waals surface area contributed by atoms with E-state index in [0.29, 0.717) is 11.6 Å². The molecule has 0 radical (unpaired) electrons. The van der Waals surface area contributed by atoms with Gasteiger partial charge >= 0.3 is 0 Å². The molecule has 0 aliphatic heterocycles. The molecule has 0 fully saturated rings. The van der Waals surface area contributed by atoms with Crippen molar-refractivity contribution in [2.45, 2.75) is 39.0 Å². The monoisotopic (exact) mass is 275 g/mol. The van der Waals surface area contributed by atoms with E-state index in [4.69, 9.17) is 4.74 Å². The van der Waals surface area contributed by atoms with Crippen LogP contribution in [0, 0.1) is 0 Å². The van der Waals surface area contributed by atoms with Gasteiger partial charge in [0.25, 0.3) is 0 Å². The number of methoxy groups -OCH3 is 1. The average Bonchev–Trinajstić information content (AvgIpc) is 2.85. The van der Waals surface area contributed by atoms with Crippen molar-refractivity contribution >= 4 is 0 Å². The summed E-state index contributed by atoms with van der Waals surface area (Å²) in [5.74, 6) is 1.25. The fourth-order valence-corrected chi connectivity index (χ4v) is 2.35. The van der Waals surface area contributed by atoms with Gasteiger partial charge in [0.15, 0.2) is 11.6 Å². The molecule has 0 aliphatic rings. The van der Waals surface area contributed by atoms with Crippen LogP contribution >= 0.6 is 0 Å². The first-order valence-electron chi connectivity index (χ1n) is 6.62. The maximum Gasteiger partial charge on any atom is 0.167 e. The second kappa shape index (κ2) is 5.73. The quantitative estimate of drug-likeness (QED) is 0.929. The molecule has 0 aliphatic carbocycles. The highest BCUT2D eigenvalue weighted by Gasteiger charge is 2.28. The molecule has 1 unspecified atom stereocenters. The molecule has 0 saturated heterocycles. The summed E-state index contributed by atoms with van der Waals surface area (Å²) in [6, 6.07) is 9.88. The third-order valence-corrected chi connectivity index (χ3v) is 3.14. The first-order valence-corrected chi connectivity index (χ1v) is 6.62. The maximum atomic E-state index is 9.46. The molecule has 1 atom stereocenters. The van der Waals surface area contributed by atoms with Crippen LogP contribution in [0.15, 0.2) is 30.3 Å². The number of rotatable bonds is 4. The summed E-state index contributed by atoms with van der Waals surface area (Å²) in [7, 11) is 1.65. The van der Waals surface area contributed by atoms with Gasteiger partial charge in [-0.1, -0.05) is 30.3 Å². The molecule has 1 heterocycles. The molecule has 5 nitrogen and oxygen atoms in total. The molecular weight excluding hydrogens is 254 g/mol. The number of aromatic nitrogens is 3. The molecule has 2 aromatic rings. The van der Waals surface area contributed by atoms with Crippen molar-refractivity contribution in [3.63, 3.8) is 0 Å². The van der Waals surface area contributed by atoms with Crippen LogP contribution in [0.4, 0.5) is 0 Å². The van der Waals surface area contributed by atoms with Crippen molar-refractivity contribution in [3.05, 3.63) is 47.5 Å². The van der Waals surface area contributed by atoms with Gasteiger partial charge in [0.05, 0.1) is 0 Å². The lowest BCUT2D eigenvalue weighted by Crippen LogP contribution is -2.28. The van der Waals surface area contributed by atoms with Crippen LogP contribution in [0.5, 0.6) is 0 Å². The van der Waals surface area contributed by atoms with Crippen molar-refractivity contribution < 1.29 is 9.84 Å². The zero-order valence-corrected chi connectivity index (χ0v) is 12.4. The van der Waals surface area contributed by atoms with E-state index >= 15 is 0 Å². The zero-order chi connectivity index (χ0) is 14.8. The SMILES string of the molecule is COC(c1ccccc1)c1nnc(CO)n1C(C)(C)C. The van der Waals surface area contributed by atoms with Gasteiger partial charge in [-0.15, -0.1) is 10.2 Å². The predicted molar refractivity (Wildman–Crippen MR) is 76.2 cm³/mol. The number of ether oxygens (including phenoxy) is 1. The minimum absolute atomic E-state index is 0.143. The molecule has 1 aromatic heterocycles. The van der Waals surface area contributed by atoms with Gasteiger partial charge in [0.2, 0.25) is 0 Å². The molecule has 0 bridgehead atoms. The molecular formula is C15H21N3O2. The van der Waals surface area contributed by atoms with Gasteiger partial charge < -0.3 is 14.4 Å². The average molecular weight is 275 g/mol. The molecule has 0 spiro atoms. The fourth-order valence-electron chi connectivity index (χ4n) is 2.35. The van der Waals surface area contributed by atoms with E-state index in [1.54, 1.807) is 7.11 Å². The molecule has 2 rings (SSSR count). The van der Waals surface area contributed by atoms with Gasteiger partial charge in [-0.2, -0.15) is 0 Å². The lowest BCUT2D eigenvalue weighted by atomic mass is 10.0. The van der Waals surface area contributed by atoms with E-state index in [-0.39, 0.29) is 18.2 Å². The molecule has 0 saturated carbocycles. The summed E-state index contributed by atoms with van der Waals surface area (Å²) < 4.78 is 7.55. The van der Waals surface area contributed by atoms with E-state index in [2.05, 4.69) is 31.0 Å². The second-order valence-electron chi connectivity index (χ2n) is 5.67. The summed E-state index contributed by atoms with van der Waals surface area (Å²) in [6.45, 7) is 6.01. The zero-order valence-electron chi connectivity index (χ0n) is 12.4. The minimum atomic E-state index is -0.303.